The van der Waals surface area contributed by atoms with Crippen LogP contribution in [0, 0.1) is 5.92 Å². The van der Waals surface area contributed by atoms with E-state index in [0.717, 1.165) is 12.1 Å². The first kappa shape index (κ1) is 15.2. The molecule has 3 N–H and O–H groups in total. The summed E-state index contributed by atoms with van der Waals surface area (Å²) in [6.45, 7) is 5.94. The molecule has 19 heavy (non-hydrogen) atoms. The first-order chi connectivity index (χ1) is 8.99. The van der Waals surface area contributed by atoms with Gasteiger partial charge in [-0.1, -0.05) is 13.8 Å². The number of carbonyl (C=O) groups is 2. The van der Waals surface area contributed by atoms with Gasteiger partial charge in [0.1, 0.15) is 0 Å². The Hall–Kier alpha value is -1.85. The van der Waals surface area contributed by atoms with Crippen LogP contribution in [0.5, 0.6) is 0 Å². The third-order valence-corrected chi connectivity index (χ3v) is 2.87. The van der Waals surface area contributed by atoms with Crippen molar-refractivity contribution in [3.8, 4) is 0 Å². The predicted octanol–water partition coefficient (Wildman–Crippen LogP) is 0.619. The van der Waals surface area contributed by atoms with Crippen LogP contribution in [0.1, 0.15) is 32.9 Å². The van der Waals surface area contributed by atoms with Crippen LogP contribution in [0.25, 0.3) is 0 Å². The molecule has 0 spiro atoms. The van der Waals surface area contributed by atoms with Crippen molar-refractivity contribution in [2.75, 3.05) is 6.54 Å². The van der Waals surface area contributed by atoms with Crippen molar-refractivity contribution in [2.24, 2.45) is 5.92 Å². The second-order valence-electron chi connectivity index (χ2n) is 4.93. The topological polar surface area (TPSA) is 86.9 Å². The first-order valence-electron chi connectivity index (χ1n) is 6.50. The maximum atomic E-state index is 11.8. The minimum absolute atomic E-state index is 0.0491. The lowest BCUT2D eigenvalue weighted by molar-refractivity contribution is -0.122. The van der Waals surface area contributed by atoms with Gasteiger partial charge in [0.25, 0.3) is 0 Å². The molecule has 1 atom stereocenters. The molecule has 1 aromatic rings. The molecule has 1 heterocycles. The molecule has 1 rings (SSSR count). The van der Waals surface area contributed by atoms with E-state index >= 15 is 0 Å². The molecule has 0 radical (unpaired) electrons. The first-order valence-corrected chi connectivity index (χ1v) is 6.50. The SMILES string of the molecule is CC(=O)NCCC(=O)N[C@@H](Cc1cnc[nH]1)C(C)C. The van der Waals surface area contributed by atoms with Crippen LogP contribution < -0.4 is 10.6 Å². The van der Waals surface area contributed by atoms with Gasteiger partial charge in [-0.15, -0.1) is 0 Å². The highest BCUT2D eigenvalue weighted by atomic mass is 16.2. The summed E-state index contributed by atoms with van der Waals surface area (Å²) in [6.07, 6.45) is 4.42. The largest absolute Gasteiger partial charge is 0.356 e. The van der Waals surface area contributed by atoms with Crippen molar-refractivity contribution in [3.05, 3.63) is 18.2 Å². The molecule has 0 fully saturated rings. The summed E-state index contributed by atoms with van der Waals surface area (Å²) in [6, 6.07) is 0.0604. The van der Waals surface area contributed by atoms with Crippen molar-refractivity contribution < 1.29 is 9.59 Å². The fourth-order valence-electron chi connectivity index (χ4n) is 1.72. The Balaban J connectivity index is 2.40. The zero-order valence-electron chi connectivity index (χ0n) is 11.7. The highest BCUT2D eigenvalue weighted by Gasteiger charge is 2.17. The lowest BCUT2D eigenvalue weighted by atomic mass is 9.99. The Kier molecular flexibility index (Phi) is 6.05. The second kappa shape index (κ2) is 7.56. The summed E-state index contributed by atoms with van der Waals surface area (Å²) >= 11 is 0. The lowest BCUT2D eigenvalue weighted by Crippen LogP contribution is -2.41. The molecular formula is C13H22N4O2. The van der Waals surface area contributed by atoms with Gasteiger partial charge in [-0.2, -0.15) is 0 Å². The third-order valence-electron chi connectivity index (χ3n) is 2.87. The van der Waals surface area contributed by atoms with Gasteiger partial charge in [0.15, 0.2) is 0 Å². The Bertz CT molecular complexity index is 401. The number of aromatic amines is 1. The maximum absolute atomic E-state index is 11.8. The zero-order chi connectivity index (χ0) is 14.3. The number of nitrogens with one attached hydrogen (secondary N) is 3. The number of nitrogens with zero attached hydrogens (tertiary/aromatic N) is 1. The normalized spacial score (nSPS) is 12.2. The monoisotopic (exact) mass is 266 g/mol. The molecule has 106 valence electrons. The highest BCUT2D eigenvalue weighted by molar-refractivity contribution is 5.78. The Morgan fingerprint density at radius 2 is 2.16 bits per heavy atom. The zero-order valence-corrected chi connectivity index (χ0v) is 11.7. The number of hydrogen-bond donors (Lipinski definition) is 3. The minimum Gasteiger partial charge on any atom is -0.356 e. The van der Waals surface area contributed by atoms with Crippen LogP contribution in [0.2, 0.25) is 0 Å². The maximum Gasteiger partial charge on any atom is 0.222 e. The van der Waals surface area contributed by atoms with E-state index in [4.69, 9.17) is 0 Å². The van der Waals surface area contributed by atoms with E-state index in [0.29, 0.717) is 18.9 Å². The summed E-state index contributed by atoms with van der Waals surface area (Å²) in [7, 11) is 0. The van der Waals surface area contributed by atoms with Gasteiger partial charge < -0.3 is 15.6 Å². The van der Waals surface area contributed by atoms with Crippen LogP contribution in [-0.4, -0.2) is 34.4 Å². The summed E-state index contributed by atoms with van der Waals surface area (Å²) in [5.41, 5.74) is 1.00. The van der Waals surface area contributed by atoms with Crippen LogP contribution in [0.15, 0.2) is 12.5 Å². The Morgan fingerprint density at radius 1 is 1.42 bits per heavy atom. The number of rotatable bonds is 7. The molecule has 0 aliphatic heterocycles. The van der Waals surface area contributed by atoms with Gasteiger partial charge in [-0.3, -0.25) is 9.59 Å². The number of amides is 2. The molecule has 1 aromatic heterocycles. The van der Waals surface area contributed by atoms with Crippen LogP contribution >= 0.6 is 0 Å². The smallest absolute Gasteiger partial charge is 0.222 e. The van der Waals surface area contributed by atoms with Crippen LogP contribution in [0.3, 0.4) is 0 Å². The molecular weight excluding hydrogens is 244 g/mol. The van der Waals surface area contributed by atoms with Crippen LogP contribution in [-0.2, 0) is 16.0 Å². The van der Waals surface area contributed by atoms with E-state index in [1.54, 1.807) is 12.5 Å². The highest BCUT2D eigenvalue weighted by Crippen LogP contribution is 2.08. The standard InChI is InChI=1S/C13H22N4O2/c1-9(2)12(6-11-7-14-8-16-11)17-13(19)4-5-15-10(3)18/h7-9,12H,4-6H2,1-3H3,(H,14,16)(H,15,18)(H,17,19)/t12-/m0/s1. The van der Waals surface area contributed by atoms with Crippen molar-refractivity contribution >= 4 is 11.8 Å². The van der Waals surface area contributed by atoms with E-state index in [-0.39, 0.29) is 17.9 Å². The fourth-order valence-corrected chi connectivity index (χ4v) is 1.72. The number of carbonyl (C=O) groups excluding carboxylic acids is 2. The van der Waals surface area contributed by atoms with Gasteiger partial charge >= 0.3 is 0 Å². The van der Waals surface area contributed by atoms with Gasteiger partial charge in [-0.05, 0) is 5.92 Å². The molecule has 0 unspecified atom stereocenters. The van der Waals surface area contributed by atoms with Gasteiger partial charge in [0, 0.05) is 44.2 Å². The average molecular weight is 266 g/mol. The van der Waals surface area contributed by atoms with E-state index in [1.807, 2.05) is 0 Å². The number of hydrogen-bond acceptors (Lipinski definition) is 3. The Labute approximate surface area is 113 Å². The predicted molar refractivity (Wildman–Crippen MR) is 72.4 cm³/mol. The van der Waals surface area contributed by atoms with Crippen molar-refractivity contribution in [1.82, 2.24) is 20.6 Å². The van der Waals surface area contributed by atoms with Crippen LogP contribution in [0.4, 0.5) is 0 Å². The molecule has 0 aliphatic rings. The molecule has 0 saturated carbocycles. The van der Waals surface area contributed by atoms with Gasteiger partial charge in [0.2, 0.25) is 11.8 Å². The number of imidazole rings is 1. The minimum atomic E-state index is -0.120. The van der Waals surface area contributed by atoms with Crippen molar-refractivity contribution in [2.45, 2.75) is 39.7 Å². The van der Waals surface area contributed by atoms with E-state index in [9.17, 15) is 9.59 Å². The summed E-state index contributed by atoms with van der Waals surface area (Å²) in [4.78, 5) is 29.5. The number of H-pyrrole nitrogens is 1. The summed E-state index contributed by atoms with van der Waals surface area (Å²) in [5.74, 6) is 0.158. The molecule has 2 amide bonds. The molecule has 6 nitrogen and oxygen atoms in total. The summed E-state index contributed by atoms with van der Waals surface area (Å²) < 4.78 is 0. The van der Waals surface area contributed by atoms with Crippen molar-refractivity contribution in [3.63, 3.8) is 0 Å². The van der Waals surface area contributed by atoms with E-state index < -0.39 is 0 Å². The molecule has 6 heteroatoms. The molecule has 0 aromatic carbocycles. The van der Waals surface area contributed by atoms with Gasteiger partial charge in [0.05, 0.1) is 6.33 Å². The third kappa shape index (κ3) is 6.03. The number of aromatic nitrogens is 2. The molecule has 0 saturated heterocycles. The quantitative estimate of drug-likeness (QED) is 0.676. The summed E-state index contributed by atoms with van der Waals surface area (Å²) in [5, 5.41) is 5.60. The second-order valence-corrected chi connectivity index (χ2v) is 4.93. The molecule has 0 aliphatic carbocycles. The fraction of sp³-hybridized carbons (Fsp3) is 0.615. The van der Waals surface area contributed by atoms with Gasteiger partial charge in [-0.25, -0.2) is 4.98 Å². The lowest BCUT2D eigenvalue weighted by Gasteiger charge is -2.21. The average Bonchev–Trinajstić information content (AvgIpc) is 2.80. The van der Waals surface area contributed by atoms with Crippen molar-refractivity contribution in [1.29, 1.82) is 0 Å². The van der Waals surface area contributed by atoms with E-state index in [2.05, 4.69) is 34.4 Å². The van der Waals surface area contributed by atoms with E-state index in [1.165, 1.54) is 6.92 Å². The Morgan fingerprint density at radius 3 is 2.68 bits per heavy atom. The molecule has 0 bridgehead atoms.